The lowest BCUT2D eigenvalue weighted by Gasteiger charge is -2.37. The van der Waals surface area contributed by atoms with Crippen LogP contribution in [0.5, 0.6) is 11.5 Å². The molecule has 0 radical (unpaired) electrons. The molecule has 7 heteroatoms. The first-order chi connectivity index (χ1) is 15.3. The zero-order valence-corrected chi connectivity index (χ0v) is 20.5. The molecule has 0 spiro atoms. The molecule has 174 valence electrons. The number of carbonyl (C=O) groups is 2. The molecule has 1 atom stereocenters. The SMILES string of the molecule is COc1cccc(OCC2c3ccsc3CCN2C(=O)CN(CC(C)C)C(=O)C(C)C)c1. The Morgan fingerprint density at radius 3 is 2.62 bits per heavy atom. The summed E-state index contributed by atoms with van der Waals surface area (Å²) in [6.07, 6.45) is 0.830. The fourth-order valence-electron chi connectivity index (χ4n) is 4.03. The van der Waals surface area contributed by atoms with Crippen molar-refractivity contribution in [3.8, 4) is 11.5 Å². The van der Waals surface area contributed by atoms with Crippen molar-refractivity contribution in [1.82, 2.24) is 9.80 Å². The summed E-state index contributed by atoms with van der Waals surface area (Å²) in [6.45, 7) is 9.54. The van der Waals surface area contributed by atoms with Gasteiger partial charge in [0.25, 0.3) is 0 Å². The summed E-state index contributed by atoms with van der Waals surface area (Å²) in [5.74, 6) is 1.57. The highest BCUT2D eigenvalue weighted by Crippen LogP contribution is 2.34. The minimum Gasteiger partial charge on any atom is -0.497 e. The number of carbonyl (C=O) groups excluding carboxylic acids is 2. The largest absolute Gasteiger partial charge is 0.497 e. The summed E-state index contributed by atoms with van der Waals surface area (Å²) in [5, 5.41) is 2.07. The van der Waals surface area contributed by atoms with Crippen LogP contribution in [-0.2, 0) is 16.0 Å². The molecule has 1 unspecified atom stereocenters. The first-order valence-electron chi connectivity index (χ1n) is 11.2. The van der Waals surface area contributed by atoms with E-state index in [0.29, 0.717) is 31.4 Å². The number of hydrogen-bond acceptors (Lipinski definition) is 5. The van der Waals surface area contributed by atoms with Crippen LogP contribution in [0.2, 0.25) is 0 Å². The highest BCUT2D eigenvalue weighted by Gasteiger charge is 2.34. The Morgan fingerprint density at radius 2 is 1.94 bits per heavy atom. The van der Waals surface area contributed by atoms with Gasteiger partial charge >= 0.3 is 0 Å². The second kappa shape index (κ2) is 10.9. The fourth-order valence-corrected chi connectivity index (χ4v) is 4.96. The van der Waals surface area contributed by atoms with Crippen LogP contribution in [0, 0.1) is 11.8 Å². The Hall–Kier alpha value is -2.54. The van der Waals surface area contributed by atoms with E-state index in [1.165, 1.54) is 4.88 Å². The third kappa shape index (κ3) is 5.82. The van der Waals surface area contributed by atoms with Gasteiger partial charge in [-0.15, -0.1) is 11.3 Å². The number of methoxy groups -OCH3 is 1. The van der Waals surface area contributed by atoms with Crippen molar-refractivity contribution >= 4 is 23.2 Å². The average molecular weight is 459 g/mol. The molecule has 0 aliphatic carbocycles. The molecular formula is C25H34N2O4S. The summed E-state index contributed by atoms with van der Waals surface area (Å²) < 4.78 is 11.4. The van der Waals surface area contributed by atoms with E-state index in [4.69, 9.17) is 9.47 Å². The van der Waals surface area contributed by atoms with Crippen molar-refractivity contribution in [2.24, 2.45) is 11.8 Å². The second-order valence-electron chi connectivity index (χ2n) is 8.91. The molecule has 0 saturated heterocycles. The smallest absolute Gasteiger partial charge is 0.242 e. The molecule has 6 nitrogen and oxygen atoms in total. The van der Waals surface area contributed by atoms with E-state index in [1.807, 2.05) is 43.0 Å². The Balaban J connectivity index is 1.78. The first-order valence-corrected chi connectivity index (χ1v) is 12.1. The predicted molar refractivity (Wildman–Crippen MR) is 127 cm³/mol. The van der Waals surface area contributed by atoms with Gasteiger partial charge in [0.15, 0.2) is 0 Å². The molecule has 1 aliphatic heterocycles. The number of amides is 2. The zero-order valence-electron chi connectivity index (χ0n) is 19.7. The molecule has 1 aliphatic rings. The van der Waals surface area contributed by atoms with Crippen LogP contribution in [0.4, 0.5) is 0 Å². The van der Waals surface area contributed by atoms with Crippen molar-refractivity contribution < 1.29 is 19.1 Å². The minimum atomic E-state index is -0.182. The zero-order chi connectivity index (χ0) is 23.3. The molecule has 2 heterocycles. The lowest BCUT2D eigenvalue weighted by atomic mass is 10.00. The molecule has 0 N–H and O–H groups in total. The molecule has 3 rings (SSSR count). The maximum absolute atomic E-state index is 13.4. The van der Waals surface area contributed by atoms with Crippen molar-refractivity contribution in [2.75, 3.05) is 33.4 Å². The van der Waals surface area contributed by atoms with E-state index in [0.717, 1.165) is 17.7 Å². The average Bonchev–Trinajstić information content (AvgIpc) is 3.25. The summed E-state index contributed by atoms with van der Waals surface area (Å²) in [5.41, 5.74) is 1.14. The molecule has 0 saturated carbocycles. The quantitative estimate of drug-likeness (QED) is 0.559. The van der Waals surface area contributed by atoms with Gasteiger partial charge < -0.3 is 19.3 Å². The van der Waals surface area contributed by atoms with Gasteiger partial charge in [-0.2, -0.15) is 0 Å². The first kappa shape index (κ1) is 24.1. The van der Waals surface area contributed by atoms with Crippen LogP contribution in [0.25, 0.3) is 0 Å². The van der Waals surface area contributed by atoms with Crippen LogP contribution in [-0.4, -0.2) is 55.0 Å². The van der Waals surface area contributed by atoms with Gasteiger partial charge in [-0.1, -0.05) is 33.8 Å². The molecule has 0 bridgehead atoms. The normalized spacial score (nSPS) is 15.6. The highest BCUT2D eigenvalue weighted by atomic mass is 32.1. The summed E-state index contributed by atoms with van der Waals surface area (Å²) in [4.78, 5) is 31.0. The van der Waals surface area contributed by atoms with Crippen molar-refractivity contribution in [2.45, 2.75) is 40.2 Å². The lowest BCUT2D eigenvalue weighted by molar-refractivity contribution is -0.144. The summed E-state index contributed by atoms with van der Waals surface area (Å²) in [7, 11) is 1.62. The Kier molecular flexibility index (Phi) is 8.18. The molecule has 1 aromatic heterocycles. The molecule has 1 aromatic carbocycles. The van der Waals surface area contributed by atoms with Gasteiger partial charge in [-0.3, -0.25) is 9.59 Å². The third-order valence-electron chi connectivity index (χ3n) is 5.58. The number of thiophene rings is 1. The highest BCUT2D eigenvalue weighted by molar-refractivity contribution is 7.10. The van der Waals surface area contributed by atoms with Gasteiger partial charge in [0.2, 0.25) is 11.8 Å². The van der Waals surface area contributed by atoms with Crippen LogP contribution < -0.4 is 9.47 Å². The number of hydrogen-bond donors (Lipinski definition) is 0. The van der Waals surface area contributed by atoms with E-state index in [9.17, 15) is 9.59 Å². The van der Waals surface area contributed by atoms with E-state index >= 15 is 0 Å². The van der Waals surface area contributed by atoms with Crippen LogP contribution in [0.3, 0.4) is 0 Å². The molecule has 2 amide bonds. The molecule has 32 heavy (non-hydrogen) atoms. The van der Waals surface area contributed by atoms with Gasteiger partial charge in [0.05, 0.1) is 19.7 Å². The Morgan fingerprint density at radius 1 is 1.19 bits per heavy atom. The fraction of sp³-hybridized carbons (Fsp3) is 0.520. The van der Waals surface area contributed by atoms with Gasteiger partial charge in [-0.25, -0.2) is 0 Å². The predicted octanol–water partition coefficient (Wildman–Crippen LogP) is 4.40. The Labute approximate surface area is 195 Å². The monoisotopic (exact) mass is 458 g/mol. The van der Waals surface area contributed by atoms with E-state index in [2.05, 4.69) is 25.3 Å². The summed E-state index contributed by atoms with van der Waals surface area (Å²) in [6, 6.07) is 9.39. The molecule has 0 fully saturated rings. The van der Waals surface area contributed by atoms with Crippen LogP contribution >= 0.6 is 11.3 Å². The van der Waals surface area contributed by atoms with Crippen molar-refractivity contribution in [1.29, 1.82) is 0 Å². The number of nitrogens with zero attached hydrogens (tertiary/aromatic N) is 2. The molecular weight excluding hydrogens is 424 g/mol. The summed E-state index contributed by atoms with van der Waals surface area (Å²) >= 11 is 1.72. The van der Waals surface area contributed by atoms with Gasteiger partial charge in [0, 0.05) is 30.0 Å². The number of ether oxygens (including phenoxy) is 2. The standard InChI is InChI=1S/C25H34N2O4S/c1-17(2)14-26(25(29)18(3)4)15-24(28)27-11-9-23-21(10-12-32-23)22(27)16-31-20-8-6-7-19(13-20)30-5/h6-8,10,12-13,17-18,22H,9,11,14-16H2,1-5H3. The topological polar surface area (TPSA) is 59.1 Å². The number of benzene rings is 1. The van der Waals surface area contributed by atoms with Crippen molar-refractivity contribution in [3.05, 3.63) is 46.2 Å². The van der Waals surface area contributed by atoms with E-state index in [1.54, 1.807) is 23.3 Å². The third-order valence-corrected chi connectivity index (χ3v) is 6.58. The maximum atomic E-state index is 13.4. The minimum absolute atomic E-state index is 0.0180. The van der Waals surface area contributed by atoms with Crippen molar-refractivity contribution in [3.63, 3.8) is 0 Å². The number of rotatable bonds is 9. The Bertz CT molecular complexity index is 924. The van der Waals surface area contributed by atoms with Crippen LogP contribution in [0.15, 0.2) is 35.7 Å². The lowest BCUT2D eigenvalue weighted by Crippen LogP contribution is -2.49. The van der Waals surface area contributed by atoms with E-state index < -0.39 is 0 Å². The second-order valence-corrected chi connectivity index (χ2v) is 9.91. The van der Waals surface area contributed by atoms with Crippen LogP contribution in [0.1, 0.15) is 44.2 Å². The molecule has 2 aromatic rings. The van der Waals surface area contributed by atoms with Gasteiger partial charge in [0.1, 0.15) is 18.1 Å². The number of fused-ring (bicyclic) bond motifs is 1. The maximum Gasteiger partial charge on any atom is 0.242 e. The van der Waals surface area contributed by atoms with Gasteiger partial charge in [-0.05, 0) is 41.5 Å². The van der Waals surface area contributed by atoms with E-state index in [-0.39, 0.29) is 30.3 Å².